The Bertz CT molecular complexity index is 507. The van der Waals surface area contributed by atoms with Crippen molar-refractivity contribution in [2.75, 3.05) is 5.73 Å². The Hall–Kier alpha value is -1.26. The predicted molar refractivity (Wildman–Crippen MR) is 60.9 cm³/mol. The number of halogens is 2. The van der Waals surface area contributed by atoms with Crippen LogP contribution in [0.3, 0.4) is 0 Å². The molecule has 0 spiro atoms. The number of aryl methyl sites for hydroxylation is 1. The first-order valence-electron chi connectivity index (χ1n) is 4.18. The van der Waals surface area contributed by atoms with E-state index in [0.29, 0.717) is 27.1 Å². The molecule has 0 unspecified atom stereocenters. The summed E-state index contributed by atoms with van der Waals surface area (Å²) in [6.45, 7) is 0. The molecule has 2 rings (SSSR count). The van der Waals surface area contributed by atoms with E-state index in [1.807, 2.05) is 7.05 Å². The van der Waals surface area contributed by atoms with Crippen molar-refractivity contribution in [3.63, 3.8) is 0 Å². The standard InChI is InChI=1S/C9H8Cl2N4/c1-15-4-13-14-9(15)6-2-5(10)3-7(11)8(6)12/h2-4H,12H2,1H3. The van der Waals surface area contributed by atoms with Gasteiger partial charge in [0.15, 0.2) is 5.82 Å². The molecular weight excluding hydrogens is 235 g/mol. The average molecular weight is 243 g/mol. The van der Waals surface area contributed by atoms with Crippen molar-refractivity contribution in [3.8, 4) is 11.4 Å². The van der Waals surface area contributed by atoms with Gasteiger partial charge in [-0.1, -0.05) is 23.2 Å². The number of nitrogen functional groups attached to an aromatic ring is 1. The molecule has 0 atom stereocenters. The fourth-order valence-electron chi connectivity index (χ4n) is 1.30. The minimum atomic E-state index is 0.417. The second-order valence-electron chi connectivity index (χ2n) is 3.11. The van der Waals surface area contributed by atoms with Crippen molar-refractivity contribution in [2.24, 2.45) is 7.05 Å². The summed E-state index contributed by atoms with van der Waals surface area (Å²) in [5.41, 5.74) is 6.98. The Balaban J connectivity index is 2.68. The number of benzene rings is 1. The summed E-state index contributed by atoms with van der Waals surface area (Å²) in [5.74, 6) is 0.636. The van der Waals surface area contributed by atoms with Crippen LogP contribution in [0.5, 0.6) is 0 Å². The van der Waals surface area contributed by atoms with Gasteiger partial charge >= 0.3 is 0 Å². The van der Waals surface area contributed by atoms with Crippen LogP contribution in [0.4, 0.5) is 5.69 Å². The second kappa shape index (κ2) is 3.72. The Kier molecular flexibility index (Phi) is 2.54. The van der Waals surface area contributed by atoms with Crippen molar-refractivity contribution >= 4 is 28.9 Å². The highest BCUT2D eigenvalue weighted by Gasteiger charge is 2.12. The molecule has 0 radical (unpaired) electrons. The zero-order valence-electron chi connectivity index (χ0n) is 7.91. The van der Waals surface area contributed by atoms with Crippen molar-refractivity contribution in [2.45, 2.75) is 0 Å². The molecular formula is C9H8Cl2N4. The van der Waals surface area contributed by atoms with Crippen LogP contribution in [0.15, 0.2) is 18.5 Å². The van der Waals surface area contributed by atoms with E-state index in [2.05, 4.69) is 10.2 Å². The molecule has 0 aliphatic carbocycles. The highest BCUT2D eigenvalue weighted by atomic mass is 35.5. The molecule has 78 valence electrons. The topological polar surface area (TPSA) is 56.7 Å². The van der Waals surface area contributed by atoms with Crippen LogP contribution in [0.1, 0.15) is 0 Å². The van der Waals surface area contributed by atoms with Gasteiger partial charge in [0.05, 0.1) is 10.7 Å². The van der Waals surface area contributed by atoms with Crippen molar-refractivity contribution in [3.05, 3.63) is 28.5 Å². The van der Waals surface area contributed by atoms with E-state index < -0.39 is 0 Å². The van der Waals surface area contributed by atoms with Crippen LogP contribution in [-0.2, 0) is 7.05 Å². The fraction of sp³-hybridized carbons (Fsp3) is 0.111. The minimum absolute atomic E-state index is 0.417. The normalized spacial score (nSPS) is 10.6. The molecule has 1 aromatic carbocycles. The maximum atomic E-state index is 5.92. The van der Waals surface area contributed by atoms with E-state index in [0.717, 1.165) is 0 Å². The first-order chi connectivity index (χ1) is 7.09. The Labute approximate surface area is 96.6 Å². The van der Waals surface area contributed by atoms with Crippen molar-refractivity contribution in [1.29, 1.82) is 0 Å². The van der Waals surface area contributed by atoms with Crippen molar-refractivity contribution < 1.29 is 0 Å². The van der Waals surface area contributed by atoms with Crippen LogP contribution >= 0.6 is 23.2 Å². The Morgan fingerprint density at radius 1 is 1.33 bits per heavy atom. The minimum Gasteiger partial charge on any atom is -0.397 e. The maximum Gasteiger partial charge on any atom is 0.165 e. The van der Waals surface area contributed by atoms with E-state index >= 15 is 0 Å². The van der Waals surface area contributed by atoms with Gasteiger partial charge in [-0.3, -0.25) is 0 Å². The smallest absolute Gasteiger partial charge is 0.165 e. The van der Waals surface area contributed by atoms with Gasteiger partial charge in [-0.25, -0.2) is 0 Å². The van der Waals surface area contributed by atoms with Gasteiger partial charge in [0.25, 0.3) is 0 Å². The second-order valence-corrected chi connectivity index (χ2v) is 3.96. The lowest BCUT2D eigenvalue weighted by Gasteiger charge is -2.07. The summed E-state index contributed by atoms with van der Waals surface area (Å²) in [5, 5.41) is 8.65. The molecule has 4 nitrogen and oxygen atoms in total. The molecule has 1 aromatic heterocycles. The van der Waals surface area contributed by atoms with Crippen LogP contribution in [0.25, 0.3) is 11.4 Å². The molecule has 2 aromatic rings. The Morgan fingerprint density at radius 3 is 2.67 bits per heavy atom. The first kappa shape index (κ1) is 10.3. The van der Waals surface area contributed by atoms with Crippen LogP contribution in [-0.4, -0.2) is 14.8 Å². The number of aromatic nitrogens is 3. The monoisotopic (exact) mass is 242 g/mol. The number of rotatable bonds is 1. The van der Waals surface area contributed by atoms with E-state index in [-0.39, 0.29) is 0 Å². The molecule has 15 heavy (non-hydrogen) atoms. The molecule has 0 aliphatic rings. The molecule has 0 aliphatic heterocycles. The highest BCUT2D eigenvalue weighted by molar-refractivity contribution is 6.37. The Morgan fingerprint density at radius 2 is 2.07 bits per heavy atom. The predicted octanol–water partition coefficient (Wildman–Crippen LogP) is 2.37. The maximum absolute atomic E-state index is 5.92. The van der Waals surface area contributed by atoms with Crippen LogP contribution in [0.2, 0.25) is 10.0 Å². The summed E-state index contributed by atoms with van der Waals surface area (Å²) in [7, 11) is 1.82. The van der Waals surface area contributed by atoms with Gasteiger partial charge in [-0.05, 0) is 12.1 Å². The molecule has 0 saturated heterocycles. The molecule has 0 fully saturated rings. The van der Waals surface area contributed by atoms with Gasteiger partial charge in [0, 0.05) is 17.6 Å². The molecule has 6 heteroatoms. The van der Waals surface area contributed by atoms with Gasteiger partial charge < -0.3 is 10.3 Å². The summed E-state index contributed by atoms with van der Waals surface area (Å²) in [6, 6.07) is 3.31. The van der Waals surface area contributed by atoms with Crippen LogP contribution in [0, 0.1) is 0 Å². The van der Waals surface area contributed by atoms with Gasteiger partial charge in [0.2, 0.25) is 0 Å². The molecule has 1 heterocycles. The highest BCUT2D eigenvalue weighted by Crippen LogP contribution is 2.33. The molecule has 0 bridgehead atoms. The molecule has 2 N–H and O–H groups in total. The number of nitrogens with two attached hydrogens (primary N) is 1. The first-order valence-corrected chi connectivity index (χ1v) is 4.94. The van der Waals surface area contributed by atoms with Crippen LogP contribution < -0.4 is 5.73 Å². The van der Waals surface area contributed by atoms with E-state index in [1.165, 1.54) is 0 Å². The number of hydrogen-bond donors (Lipinski definition) is 1. The van der Waals surface area contributed by atoms with E-state index in [4.69, 9.17) is 28.9 Å². The number of anilines is 1. The summed E-state index contributed by atoms with van der Waals surface area (Å²) >= 11 is 11.8. The fourth-order valence-corrected chi connectivity index (χ4v) is 1.79. The lowest BCUT2D eigenvalue weighted by molar-refractivity contribution is 0.920. The third-order valence-corrected chi connectivity index (χ3v) is 2.58. The molecule has 0 saturated carbocycles. The summed E-state index contributed by atoms with van der Waals surface area (Å²) in [4.78, 5) is 0. The van der Waals surface area contributed by atoms with E-state index in [9.17, 15) is 0 Å². The molecule has 0 amide bonds. The quantitative estimate of drug-likeness (QED) is 0.782. The average Bonchev–Trinajstić information content (AvgIpc) is 2.58. The number of hydrogen-bond acceptors (Lipinski definition) is 3. The third kappa shape index (κ3) is 1.78. The lowest BCUT2D eigenvalue weighted by Crippen LogP contribution is -1.97. The summed E-state index contributed by atoms with van der Waals surface area (Å²) < 4.78 is 1.75. The third-order valence-electron chi connectivity index (χ3n) is 2.05. The lowest BCUT2D eigenvalue weighted by atomic mass is 10.1. The van der Waals surface area contributed by atoms with Gasteiger partial charge in [-0.2, -0.15) is 0 Å². The zero-order chi connectivity index (χ0) is 11.0. The SMILES string of the molecule is Cn1cnnc1-c1cc(Cl)cc(Cl)c1N. The zero-order valence-corrected chi connectivity index (χ0v) is 9.42. The largest absolute Gasteiger partial charge is 0.397 e. The van der Waals surface area contributed by atoms with Gasteiger partial charge in [0.1, 0.15) is 6.33 Å². The summed E-state index contributed by atoms with van der Waals surface area (Å²) in [6.07, 6.45) is 1.59. The van der Waals surface area contributed by atoms with E-state index in [1.54, 1.807) is 23.0 Å². The van der Waals surface area contributed by atoms with Crippen molar-refractivity contribution in [1.82, 2.24) is 14.8 Å². The van der Waals surface area contributed by atoms with Gasteiger partial charge in [-0.15, -0.1) is 10.2 Å². The number of nitrogens with zero attached hydrogens (tertiary/aromatic N) is 3.